The largest absolute Gasteiger partial charge is 0.393 e. The van der Waals surface area contributed by atoms with E-state index in [4.69, 9.17) is 0 Å². The minimum atomic E-state index is -0.324. The molecule has 3 N–H and O–H groups in total. The Morgan fingerprint density at radius 1 is 1.53 bits per heavy atom. The van der Waals surface area contributed by atoms with Crippen molar-refractivity contribution < 1.29 is 9.90 Å². The summed E-state index contributed by atoms with van der Waals surface area (Å²) in [5.74, 6) is 0.100. The van der Waals surface area contributed by atoms with Crippen LogP contribution in [0.2, 0.25) is 0 Å². The first-order valence-electron chi connectivity index (χ1n) is 6.60. The third-order valence-corrected chi connectivity index (χ3v) is 3.22. The zero-order valence-corrected chi connectivity index (χ0v) is 11.3. The Balaban J connectivity index is 2.31. The fourth-order valence-corrected chi connectivity index (χ4v) is 2.40. The summed E-state index contributed by atoms with van der Waals surface area (Å²) in [6.45, 7) is 7.47. The maximum atomic E-state index is 11.9. The lowest BCUT2D eigenvalue weighted by molar-refractivity contribution is -0.124. The SMILES string of the molecule is CC(O)CC(C)(C)CNC(=O)[C@H]1CCCCN1. The molecule has 0 radical (unpaired) electrons. The van der Waals surface area contributed by atoms with Gasteiger partial charge in [0.2, 0.25) is 5.91 Å². The van der Waals surface area contributed by atoms with Gasteiger partial charge in [0.25, 0.3) is 0 Å². The van der Waals surface area contributed by atoms with Crippen LogP contribution in [0.25, 0.3) is 0 Å². The van der Waals surface area contributed by atoms with Gasteiger partial charge in [-0.25, -0.2) is 0 Å². The van der Waals surface area contributed by atoms with E-state index in [1.54, 1.807) is 6.92 Å². The van der Waals surface area contributed by atoms with Crippen LogP contribution < -0.4 is 10.6 Å². The molecule has 1 amide bonds. The van der Waals surface area contributed by atoms with E-state index < -0.39 is 0 Å². The average molecular weight is 242 g/mol. The van der Waals surface area contributed by atoms with Gasteiger partial charge in [0.05, 0.1) is 12.1 Å². The zero-order chi connectivity index (χ0) is 12.9. The third kappa shape index (κ3) is 5.50. The van der Waals surface area contributed by atoms with E-state index in [0.717, 1.165) is 25.8 Å². The van der Waals surface area contributed by atoms with Gasteiger partial charge < -0.3 is 15.7 Å². The lowest BCUT2D eigenvalue weighted by atomic mass is 9.87. The summed E-state index contributed by atoms with van der Waals surface area (Å²) in [7, 11) is 0. The molecule has 1 rings (SSSR count). The molecule has 1 saturated heterocycles. The van der Waals surface area contributed by atoms with Gasteiger partial charge in [0.1, 0.15) is 0 Å². The number of carbonyl (C=O) groups excluding carboxylic acids is 1. The first-order valence-corrected chi connectivity index (χ1v) is 6.60. The molecule has 0 bridgehead atoms. The molecule has 17 heavy (non-hydrogen) atoms. The second-order valence-electron chi connectivity index (χ2n) is 5.94. The molecule has 0 aromatic rings. The van der Waals surface area contributed by atoms with Crippen LogP contribution in [0.5, 0.6) is 0 Å². The number of carbonyl (C=O) groups is 1. The maximum absolute atomic E-state index is 11.9. The Hall–Kier alpha value is -0.610. The second-order valence-corrected chi connectivity index (χ2v) is 5.94. The quantitative estimate of drug-likeness (QED) is 0.675. The molecule has 1 fully saturated rings. The van der Waals surface area contributed by atoms with Crippen LogP contribution >= 0.6 is 0 Å². The maximum Gasteiger partial charge on any atom is 0.237 e. The lowest BCUT2D eigenvalue weighted by Crippen LogP contribution is -2.48. The number of hydrogen-bond donors (Lipinski definition) is 3. The van der Waals surface area contributed by atoms with Crippen LogP contribution in [0, 0.1) is 5.41 Å². The van der Waals surface area contributed by atoms with Crippen LogP contribution in [-0.2, 0) is 4.79 Å². The first kappa shape index (κ1) is 14.5. The van der Waals surface area contributed by atoms with Crippen LogP contribution in [-0.4, -0.2) is 36.2 Å². The smallest absolute Gasteiger partial charge is 0.237 e. The van der Waals surface area contributed by atoms with E-state index in [-0.39, 0.29) is 23.5 Å². The number of aliphatic hydroxyl groups is 1. The van der Waals surface area contributed by atoms with Crippen LogP contribution in [0.4, 0.5) is 0 Å². The topological polar surface area (TPSA) is 61.4 Å². The molecule has 4 nitrogen and oxygen atoms in total. The van der Waals surface area contributed by atoms with Gasteiger partial charge in [-0.2, -0.15) is 0 Å². The summed E-state index contributed by atoms with van der Waals surface area (Å²) in [5, 5.41) is 15.6. The number of nitrogens with one attached hydrogen (secondary N) is 2. The molecule has 1 unspecified atom stereocenters. The summed E-state index contributed by atoms with van der Waals surface area (Å²) in [5.41, 5.74) is -0.0571. The van der Waals surface area contributed by atoms with Gasteiger partial charge in [-0.3, -0.25) is 4.79 Å². The first-order chi connectivity index (χ1) is 7.91. The summed E-state index contributed by atoms with van der Waals surface area (Å²) < 4.78 is 0. The molecule has 0 aromatic heterocycles. The van der Waals surface area contributed by atoms with Gasteiger partial charge in [0, 0.05) is 6.54 Å². The van der Waals surface area contributed by atoms with Crippen molar-refractivity contribution in [2.45, 2.75) is 58.6 Å². The fraction of sp³-hybridized carbons (Fsp3) is 0.923. The minimum Gasteiger partial charge on any atom is -0.393 e. The standard InChI is InChI=1S/C13H26N2O2/c1-10(16)8-13(2,3)9-15-12(17)11-6-4-5-7-14-11/h10-11,14,16H,4-9H2,1-3H3,(H,15,17)/t10?,11-/m1/s1. The van der Waals surface area contributed by atoms with Crippen LogP contribution in [0.1, 0.15) is 46.5 Å². The molecule has 1 heterocycles. The van der Waals surface area contributed by atoms with Crippen molar-refractivity contribution >= 4 is 5.91 Å². The highest BCUT2D eigenvalue weighted by atomic mass is 16.3. The molecule has 100 valence electrons. The molecule has 0 aromatic carbocycles. The van der Waals surface area contributed by atoms with Gasteiger partial charge in [-0.05, 0) is 38.1 Å². The summed E-state index contributed by atoms with van der Waals surface area (Å²) in [4.78, 5) is 11.9. The zero-order valence-electron chi connectivity index (χ0n) is 11.3. The van der Waals surface area contributed by atoms with Gasteiger partial charge in [0.15, 0.2) is 0 Å². The van der Waals surface area contributed by atoms with Crippen molar-refractivity contribution in [1.82, 2.24) is 10.6 Å². The van der Waals surface area contributed by atoms with Crippen molar-refractivity contribution in [3.05, 3.63) is 0 Å². The number of piperidine rings is 1. The van der Waals surface area contributed by atoms with Crippen molar-refractivity contribution in [1.29, 1.82) is 0 Å². The normalized spacial score (nSPS) is 23.2. The molecular weight excluding hydrogens is 216 g/mol. The van der Waals surface area contributed by atoms with Crippen molar-refractivity contribution in [3.63, 3.8) is 0 Å². The predicted molar refractivity (Wildman–Crippen MR) is 68.7 cm³/mol. The number of rotatable bonds is 5. The van der Waals surface area contributed by atoms with E-state index in [9.17, 15) is 9.90 Å². The molecule has 0 spiro atoms. The lowest BCUT2D eigenvalue weighted by Gasteiger charge is -2.28. The minimum absolute atomic E-state index is 0.0221. The van der Waals surface area contributed by atoms with Crippen molar-refractivity contribution in [2.24, 2.45) is 5.41 Å². The monoisotopic (exact) mass is 242 g/mol. The molecule has 0 saturated carbocycles. The van der Waals surface area contributed by atoms with Gasteiger partial charge in [-0.1, -0.05) is 20.3 Å². The van der Waals surface area contributed by atoms with Crippen molar-refractivity contribution in [3.8, 4) is 0 Å². The Kier molecular flexibility index (Phi) is 5.40. The molecule has 1 aliphatic rings. The molecule has 4 heteroatoms. The molecular formula is C13H26N2O2. The highest BCUT2D eigenvalue weighted by Crippen LogP contribution is 2.21. The summed E-state index contributed by atoms with van der Waals surface area (Å²) in [6, 6.07) is -0.0221. The highest BCUT2D eigenvalue weighted by molar-refractivity contribution is 5.81. The molecule has 2 atom stereocenters. The van der Waals surface area contributed by atoms with E-state index in [1.807, 2.05) is 0 Å². The van der Waals surface area contributed by atoms with E-state index in [1.165, 1.54) is 0 Å². The molecule has 1 aliphatic heterocycles. The highest BCUT2D eigenvalue weighted by Gasteiger charge is 2.24. The Morgan fingerprint density at radius 3 is 2.76 bits per heavy atom. The fourth-order valence-electron chi connectivity index (χ4n) is 2.40. The Morgan fingerprint density at radius 2 is 2.24 bits per heavy atom. The predicted octanol–water partition coefficient (Wildman–Crippen LogP) is 1.04. The summed E-state index contributed by atoms with van der Waals surface area (Å²) in [6.07, 6.45) is 3.60. The number of hydrogen-bond acceptors (Lipinski definition) is 3. The van der Waals surface area contributed by atoms with Crippen molar-refractivity contribution in [2.75, 3.05) is 13.1 Å². The van der Waals surface area contributed by atoms with Gasteiger partial charge in [-0.15, -0.1) is 0 Å². The van der Waals surface area contributed by atoms with E-state index >= 15 is 0 Å². The Labute approximate surface area is 104 Å². The van der Waals surface area contributed by atoms with E-state index in [0.29, 0.717) is 13.0 Å². The van der Waals surface area contributed by atoms with Crippen LogP contribution in [0.3, 0.4) is 0 Å². The second kappa shape index (κ2) is 6.36. The van der Waals surface area contributed by atoms with Gasteiger partial charge >= 0.3 is 0 Å². The summed E-state index contributed by atoms with van der Waals surface area (Å²) >= 11 is 0. The third-order valence-electron chi connectivity index (χ3n) is 3.22. The number of amides is 1. The number of aliphatic hydroxyl groups excluding tert-OH is 1. The Bertz CT molecular complexity index is 246. The average Bonchev–Trinajstić information content (AvgIpc) is 2.25. The molecule has 0 aliphatic carbocycles. The van der Waals surface area contributed by atoms with E-state index in [2.05, 4.69) is 24.5 Å². The van der Waals surface area contributed by atoms with Crippen LogP contribution in [0.15, 0.2) is 0 Å².